The van der Waals surface area contributed by atoms with E-state index in [1.165, 1.54) is 43.9 Å². The molecule has 0 atom stereocenters. The second-order valence-corrected chi connectivity index (χ2v) is 3.66. The van der Waals surface area contributed by atoms with Gasteiger partial charge in [0, 0.05) is 6.42 Å². The van der Waals surface area contributed by atoms with Crippen molar-refractivity contribution >= 4 is 11.8 Å². The molecular formula is C11H17NS. The number of thioether (sulfide) groups is 1. The highest BCUT2D eigenvalue weighted by molar-refractivity contribution is 8.03. The fourth-order valence-corrected chi connectivity index (χ4v) is 1.26. The summed E-state index contributed by atoms with van der Waals surface area (Å²) in [7, 11) is 0. The first-order valence-corrected chi connectivity index (χ1v) is 5.87. The van der Waals surface area contributed by atoms with Gasteiger partial charge in [0.2, 0.25) is 0 Å². The second-order valence-electron chi connectivity index (χ2n) is 2.90. The van der Waals surface area contributed by atoms with E-state index in [1.54, 1.807) is 0 Å². The second kappa shape index (κ2) is 11.4. The van der Waals surface area contributed by atoms with E-state index in [4.69, 9.17) is 5.26 Å². The Bertz CT molecular complexity index is 194. The fourth-order valence-electron chi connectivity index (χ4n) is 1.02. The summed E-state index contributed by atoms with van der Waals surface area (Å²) in [6.45, 7) is 2.22. The van der Waals surface area contributed by atoms with E-state index in [0.29, 0.717) is 5.75 Å². The molecule has 0 amide bonds. The number of thiocyanates is 1. The van der Waals surface area contributed by atoms with Gasteiger partial charge in [-0.3, -0.25) is 0 Å². The minimum Gasteiger partial charge on any atom is -0.185 e. The quantitative estimate of drug-likeness (QED) is 0.367. The van der Waals surface area contributed by atoms with Crippen LogP contribution in [0.25, 0.3) is 0 Å². The predicted octanol–water partition coefficient (Wildman–Crippen LogP) is 3.56. The molecule has 0 aliphatic carbocycles. The average molecular weight is 195 g/mol. The summed E-state index contributed by atoms with van der Waals surface area (Å²) in [5.74, 6) is 6.70. The van der Waals surface area contributed by atoms with Crippen molar-refractivity contribution in [3.63, 3.8) is 0 Å². The highest BCUT2D eigenvalue weighted by Gasteiger charge is 1.85. The average Bonchev–Trinajstić information content (AvgIpc) is 2.16. The van der Waals surface area contributed by atoms with Gasteiger partial charge in [0.25, 0.3) is 0 Å². The molecule has 0 unspecified atom stereocenters. The van der Waals surface area contributed by atoms with Gasteiger partial charge in [0.1, 0.15) is 5.40 Å². The molecule has 0 aromatic carbocycles. The molecule has 0 heterocycles. The third-order valence-electron chi connectivity index (χ3n) is 1.74. The van der Waals surface area contributed by atoms with Gasteiger partial charge in [-0.05, 0) is 18.2 Å². The van der Waals surface area contributed by atoms with Crippen molar-refractivity contribution < 1.29 is 0 Å². The summed E-state index contributed by atoms with van der Waals surface area (Å²) >= 11 is 1.21. The smallest absolute Gasteiger partial charge is 0.134 e. The lowest BCUT2D eigenvalue weighted by atomic mass is 10.1. The zero-order chi connectivity index (χ0) is 9.78. The van der Waals surface area contributed by atoms with E-state index in [-0.39, 0.29) is 0 Å². The van der Waals surface area contributed by atoms with Crippen LogP contribution in [-0.4, -0.2) is 5.75 Å². The van der Waals surface area contributed by atoms with E-state index in [9.17, 15) is 0 Å². The topological polar surface area (TPSA) is 23.8 Å². The number of unbranched alkanes of at least 4 members (excludes halogenated alkanes) is 5. The van der Waals surface area contributed by atoms with Crippen molar-refractivity contribution in [2.24, 2.45) is 0 Å². The summed E-state index contributed by atoms with van der Waals surface area (Å²) in [5, 5.41) is 10.2. The highest BCUT2D eigenvalue weighted by atomic mass is 32.2. The minimum atomic E-state index is 0.658. The molecule has 0 rings (SSSR count). The minimum absolute atomic E-state index is 0.658. The summed E-state index contributed by atoms with van der Waals surface area (Å²) in [6.07, 6.45) is 7.49. The summed E-state index contributed by atoms with van der Waals surface area (Å²) in [4.78, 5) is 0. The third-order valence-corrected chi connectivity index (χ3v) is 2.16. The van der Waals surface area contributed by atoms with E-state index >= 15 is 0 Å². The summed E-state index contributed by atoms with van der Waals surface area (Å²) < 4.78 is 0. The molecule has 72 valence electrons. The zero-order valence-corrected chi connectivity index (χ0v) is 9.12. The van der Waals surface area contributed by atoms with Crippen LogP contribution in [0.15, 0.2) is 0 Å². The molecule has 0 aromatic rings. The van der Waals surface area contributed by atoms with Crippen LogP contribution in [0.5, 0.6) is 0 Å². The maximum atomic E-state index is 8.21. The van der Waals surface area contributed by atoms with Crippen molar-refractivity contribution in [2.75, 3.05) is 5.75 Å². The Hall–Kier alpha value is -0.600. The van der Waals surface area contributed by atoms with E-state index < -0.39 is 0 Å². The summed E-state index contributed by atoms with van der Waals surface area (Å²) in [6, 6.07) is 0. The maximum Gasteiger partial charge on any atom is 0.134 e. The molecule has 13 heavy (non-hydrogen) atoms. The van der Waals surface area contributed by atoms with Gasteiger partial charge in [-0.25, -0.2) is 0 Å². The monoisotopic (exact) mass is 195 g/mol. The fraction of sp³-hybridized carbons (Fsp3) is 0.727. The van der Waals surface area contributed by atoms with E-state index in [0.717, 1.165) is 6.42 Å². The van der Waals surface area contributed by atoms with Crippen LogP contribution < -0.4 is 0 Å². The molecule has 2 heteroatoms. The lowest BCUT2D eigenvalue weighted by molar-refractivity contribution is 0.641. The molecule has 0 N–H and O–H groups in total. The highest BCUT2D eigenvalue weighted by Crippen LogP contribution is 2.03. The van der Waals surface area contributed by atoms with Crippen molar-refractivity contribution in [3.05, 3.63) is 0 Å². The molecule has 1 nitrogen and oxygen atoms in total. The first-order valence-electron chi connectivity index (χ1n) is 4.88. The molecular weight excluding hydrogens is 178 g/mol. The van der Waals surface area contributed by atoms with E-state index in [2.05, 4.69) is 18.8 Å². The normalized spacial score (nSPS) is 8.62. The molecule has 0 aliphatic rings. The molecule has 0 saturated carbocycles. The van der Waals surface area contributed by atoms with Gasteiger partial charge in [-0.2, -0.15) is 5.26 Å². The van der Waals surface area contributed by atoms with E-state index in [1.807, 2.05) is 5.40 Å². The Labute approximate surface area is 85.9 Å². The zero-order valence-electron chi connectivity index (χ0n) is 8.31. The van der Waals surface area contributed by atoms with Crippen LogP contribution in [0.3, 0.4) is 0 Å². The Morgan fingerprint density at radius 3 is 2.54 bits per heavy atom. The first-order chi connectivity index (χ1) is 6.41. The van der Waals surface area contributed by atoms with Gasteiger partial charge < -0.3 is 0 Å². The molecule has 0 aliphatic heterocycles. The largest absolute Gasteiger partial charge is 0.185 e. The van der Waals surface area contributed by atoms with Crippen LogP contribution in [0.4, 0.5) is 0 Å². The molecule has 0 spiro atoms. The molecule has 0 bridgehead atoms. The van der Waals surface area contributed by atoms with Crippen molar-refractivity contribution in [3.8, 4) is 17.2 Å². The van der Waals surface area contributed by atoms with Gasteiger partial charge in [0.15, 0.2) is 0 Å². The van der Waals surface area contributed by atoms with Gasteiger partial charge in [-0.1, -0.05) is 38.5 Å². The van der Waals surface area contributed by atoms with Gasteiger partial charge in [0.05, 0.1) is 5.75 Å². The van der Waals surface area contributed by atoms with Crippen LogP contribution in [-0.2, 0) is 0 Å². The maximum absolute atomic E-state index is 8.21. The number of rotatable bonds is 6. The van der Waals surface area contributed by atoms with Crippen LogP contribution >= 0.6 is 11.8 Å². The molecule has 0 saturated heterocycles. The standard InChI is InChI=1S/C11H17NS/c1-2-3-4-5-6-7-8-9-10-13-11-12/h2-7,10H2,1H3. The number of hydrogen-bond acceptors (Lipinski definition) is 2. The Morgan fingerprint density at radius 1 is 1.08 bits per heavy atom. The third kappa shape index (κ3) is 11.4. The SMILES string of the molecule is CCCCCCCC#CCSC#N. The van der Waals surface area contributed by atoms with Crippen molar-refractivity contribution in [1.82, 2.24) is 0 Å². The Kier molecular flexibility index (Phi) is 10.9. The van der Waals surface area contributed by atoms with Crippen LogP contribution in [0.2, 0.25) is 0 Å². The van der Waals surface area contributed by atoms with Crippen molar-refractivity contribution in [1.29, 1.82) is 5.26 Å². The van der Waals surface area contributed by atoms with Crippen LogP contribution in [0, 0.1) is 22.5 Å². The molecule has 0 fully saturated rings. The summed E-state index contributed by atoms with van der Waals surface area (Å²) in [5.41, 5.74) is 0. The number of nitriles is 1. The lowest BCUT2D eigenvalue weighted by Gasteiger charge is -1.94. The Balaban J connectivity index is 3.05. The van der Waals surface area contributed by atoms with Crippen LogP contribution in [0.1, 0.15) is 45.4 Å². The van der Waals surface area contributed by atoms with Crippen molar-refractivity contribution in [2.45, 2.75) is 45.4 Å². The number of nitrogens with zero attached hydrogens (tertiary/aromatic N) is 1. The lowest BCUT2D eigenvalue weighted by Crippen LogP contribution is -1.76. The predicted molar refractivity (Wildman–Crippen MR) is 59.2 cm³/mol. The van der Waals surface area contributed by atoms with Gasteiger partial charge in [-0.15, -0.1) is 5.92 Å². The number of hydrogen-bond donors (Lipinski definition) is 0. The van der Waals surface area contributed by atoms with Gasteiger partial charge >= 0.3 is 0 Å². The molecule has 0 radical (unpaired) electrons. The Morgan fingerprint density at radius 2 is 1.85 bits per heavy atom. The molecule has 0 aromatic heterocycles. The first kappa shape index (κ1) is 12.4.